The highest BCUT2D eigenvalue weighted by atomic mass is 32.2. The van der Waals surface area contributed by atoms with Crippen LogP contribution in [0.1, 0.15) is 48.3 Å². The van der Waals surface area contributed by atoms with Gasteiger partial charge in [0, 0.05) is 12.6 Å². The molecule has 1 aromatic heterocycles. The van der Waals surface area contributed by atoms with E-state index in [-0.39, 0.29) is 15.8 Å². The summed E-state index contributed by atoms with van der Waals surface area (Å²) in [6, 6.07) is 0.0368. The molecule has 0 aromatic carbocycles. The Kier molecular flexibility index (Phi) is 4.75. The number of aryl methyl sites for hydroxylation is 1. The van der Waals surface area contributed by atoms with Crippen molar-refractivity contribution in [1.29, 1.82) is 0 Å². The average molecular weight is 331 g/mol. The lowest BCUT2D eigenvalue weighted by molar-refractivity contribution is 0.0698. The molecule has 0 atom stereocenters. The van der Waals surface area contributed by atoms with E-state index in [4.69, 9.17) is 0 Å². The fourth-order valence-corrected chi connectivity index (χ4v) is 5.55. The first-order valence-electron chi connectivity index (χ1n) is 7.08. The van der Waals surface area contributed by atoms with Crippen LogP contribution >= 0.6 is 11.3 Å². The van der Waals surface area contributed by atoms with E-state index in [1.54, 1.807) is 12.3 Å². The van der Waals surface area contributed by atoms with Crippen molar-refractivity contribution in [2.24, 2.45) is 5.92 Å². The van der Waals surface area contributed by atoms with Crippen LogP contribution in [-0.2, 0) is 10.0 Å². The van der Waals surface area contributed by atoms with E-state index in [1.807, 2.05) is 0 Å². The summed E-state index contributed by atoms with van der Waals surface area (Å²) in [5.41, 5.74) is 0.521. The summed E-state index contributed by atoms with van der Waals surface area (Å²) in [5.74, 6) is -0.768. The Labute approximate surface area is 129 Å². The van der Waals surface area contributed by atoms with Gasteiger partial charge in [0.15, 0.2) is 0 Å². The minimum atomic E-state index is -3.73. The number of rotatable bonds is 7. The van der Waals surface area contributed by atoms with Crippen molar-refractivity contribution in [2.45, 2.75) is 51.0 Å². The first-order chi connectivity index (χ1) is 9.75. The van der Waals surface area contributed by atoms with Gasteiger partial charge < -0.3 is 5.11 Å². The fourth-order valence-electron chi connectivity index (χ4n) is 2.27. The van der Waals surface area contributed by atoms with Gasteiger partial charge in [0.25, 0.3) is 0 Å². The van der Waals surface area contributed by atoms with Crippen LogP contribution in [0, 0.1) is 12.8 Å². The van der Waals surface area contributed by atoms with Gasteiger partial charge in [-0.3, -0.25) is 0 Å². The lowest BCUT2D eigenvalue weighted by Gasteiger charge is -2.23. The molecule has 5 nitrogen and oxygen atoms in total. The quantitative estimate of drug-likeness (QED) is 0.833. The predicted molar refractivity (Wildman–Crippen MR) is 82.4 cm³/mol. The van der Waals surface area contributed by atoms with Gasteiger partial charge in [-0.15, -0.1) is 11.3 Å². The lowest BCUT2D eigenvalue weighted by atomic mass is 10.1. The normalized spacial score (nSPS) is 15.9. The van der Waals surface area contributed by atoms with E-state index >= 15 is 0 Å². The number of hydrogen-bond acceptors (Lipinski definition) is 4. The van der Waals surface area contributed by atoms with Crippen molar-refractivity contribution in [3.8, 4) is 0 Å². The smallest absolute Gasteiger partial charge is 0.347 e. The second-order valence-electron chi connectivity index (χ2n) is 5.91. The monoisotopic (exact) mass is 331 g/mol. The van der Waals surface area contributed by atoms with Crippen LogP contribution < -0.4 is 0 Å². The molecular weight excluding hydrogens is 310 g/mol. The molecule has 0 amide bonds. The zero-order valence-electron chi connectivity index (χ0n) is 12.5. The van der Waals surface area contributed by atoms with E-state index in [1.165, 1.54) is 4.31 Å². The molecule has 0 radical (unpaired) electrons. The third kappa shape index (κ3) is 3.46. The number of nitrogens with zero attached hydrogens (tertiary/aromatic N) is 1. The van der Waals surface area contributed by atoms with E-state index in [0.717, 1.165) is 30.6 Å². The van der Waals surface area contributed by atoms with Gasteiger partial charge in [0.1, 0.15) is 9.77 Å². The molecule has 0 unspecified atom stereocenters. The van der Waals surface area contributed by atoms with E-state index in [0.29, 0.717) is 18.0 Å². The average Bonchev–Trinajstić information content (AvgIpc) is 3.10. The number of sulfonamides is 1. The van der Waals surface area contributed by atoms with E-state index in [2.05, 4.69) is 13.8 Å². The molecule has 0 saturated heterocycles. The molecule has 118 valence electrons. The number of carboxylic acids is 1. The van der Waals surface area contributed by atoms with Crippen molar-refractivity contribution in [2.75, 3.05) is 6.54 Å². The zero-order chi connectivity index (χ0) is 15.8. The number of carbonyl (C=O) groups is 1. The molecule has 7 heteroatoms. The SMILES string of the molecule is Cc1csc(C(=O)O)c1S(=O)(=O)N(CCC(C)C)C1CC1. The molecule has 0 aliphatic heterocycles. The molecule has 1 aliphatic carbocycles. The Hall–Kier alpha value is -0.920. The third-order valence-corrected chi connectivity index (χ3v) is 6.92. The molecule has 1 aliphatic rings. The van der Waals surface area contributed by atoms with Gasteiger partial charge in [-0.25, -0.2) is 13.2 Å². The minimum Gasteiger partial charge on any atom is -0.477 e. The Balaban J connectivity index is 2.39. The van der Waals surface area contributed by atoms with Crippen molar-refractivity contribution in [1.82, 2.24) is 4.31 Å². The minimum absolute atomic E-state index is 0.0179. The fraction of sp³-hybridized carbons (Fsp3) is 0.643. The first kappa shape index (κ1) is 16.5. The van der Waals surface area contributed by atoms with E-state index < -0.39 is 16.0 Å². The van der Waals surface area contributed by atoms with Gasteiger partial charge in [0.05, 0.1) is 0 Å². The van der Waals surface area contributed by atoms with Crippen LogP contribution in [0.15, 0.2) is 10.3 Å². The van der Waals surface area contributed by atoms with Gasteiger partial charge in [-0.2, -0.15) is 4.31 Å². The Bertz CT molecular complexity index is 629. The summed E-state index contributed by atoms with van der Waals surface area (Å²) in [4.78, 5) is 11.2. The van der Waals surface area contributed by atoms with Crippen LogP contribution in [0.4, 0.5) is 0 Å². The zero-order valence-corrected chi connectivity index (χ0v) is 14.1. The maximum absolute atomic E-state index is 12.9. The highest BCUT2D eigenvalue weighted by molar-refractivity contribution is 7.89. The second kappa shape index (κ2) is 6.06. The van der Waals surface area contributed by atoms with Crippen LogP contribution in [-0.4, -0.2) is 36.4 Å². The second-order valence-corrected chi connectivity index (χ2v) is 8.62. The van der Waals surface area contributed by atoms with Crippen molar-refractivity contribution in [3.05, 3.63) is 15.8 Å². The van der Waals surface area contributed by atoms with Crippen LogP contribution in [0.25, 0.3) is 0 Å². The predicted octanol–water partition coefficient (Wildman–Crippen LogP) is 2.95. The lowest BCUT2D eigenvalue weighted by Crippen LogP contribution is -2.35. The van der Waals surface area contributed by atoms with Gasteiger partial charge in [-0.1, -0.05) is 13.8 Å². The highest BCUT2D eigenvalue weighted by Crippen LogP contribution is 2.36. The number of carboxylic acid groups (broad SMARTS) is 1. The molecule has 1 saturated carbocycles. The maximum Gasteiger partial charge on any atom is 0.347 e. The molecule has 1 N–H and O–H groups in total. The third-order valence-electron chi connectivity index (χ3n) is 3.56. The number of hydrogen-bond donors (Lipinski definition) is 1. The van der Waals surface area contributed by atoms with Crippen LogP contribution in [0.2, 0.25) is 0 Å². The summed E-state index contributed by atoms with van der Waals surface area (Å²) < 4.78 is 27.3. The largest absolute Gasteiger partial charge is 0.477 e. The molecule has 0 bridgehead atoms. The van der Waals surface area contributed by atoms with Gasteiger partial charge in [-0.05, 0) is 43.0 Å². The molecular formula is C14H21NO4S2. The maximum atomic E-state index is 12.9. The van der Waals surface area contributed by atoms with Gasteiger partial charge in [0.2, 0.25) is 10.0 Å². The summed E-state index contributed by atoms with van der Waals surface area (Å²) in [6.45, 7) is 6.22. The Morgan fingerprint density at radius 2 is 2.10 bits per heavy atom. The first-order valence-corrected chi connectivity index (χ1v) is 9.40. The summed E-state index contributed by atoms with van der Waals surface area (Å²) in [6.07, 6.45) is 2.51. The summed E-state index contributed by atoms with van der Waals surface area (Å²) >= 11 is 0.980. The molecule has 1 heterocycles. The highest BCUT2D eigenvalue weighted by Gasteiger charge is 2.40. The summed E-state index contributed by atoms with van der Waals surface area (Å²) in [7, 11) is -3.73. The topological polar surface area (TPSA) is 74.7 Å². The van der Waals surface area contributed by atoms with Crippen LogP contribution in [0.3, 0.4) is 0 Å². The van der Waals surface area contributed by atoms with Crippen molar-refractivity contribution in [3.63, 3.8) is 0 Å². The summed E-state index contributed by atoms with van der Waals surface area (Å²) in [5, 5.41) is 10.8. The molecule has 0 spiro atoms. The Morgan fingerprint density at radius 3 is 2.57 bits per heavy atom. The molecule has 1 fully saturated rings. The van der Waals surface area contributed by atoms with Gasteiger partial charge >= 0.3 is 5.97 Å². The number of thiophene rings is 1. The van der Waals surface area contributed by atoms with Crippen molar-refractivity contribution >= 4 is 27.3 Å². The molecule has 1 aromatic rings. The van der Waals surface area contributed by atoms with Crippen molar-refractivity contribution < 1.29 is 18.3 Å². The Morgan fingerprint density at radius 1 is 1.48 bits per heavy atom. The molecule has 21 heavy (non-hydrogen) atoms. The standard InChI is InChI=1S/C14H21NO4S2/c1-9(2)6-7-15(11-4-5-11)21(18,19)13-10(3)8-20-12(13)14(16)17/h8-9,11H,4-7H2,1-3H3,(H,16,17). The number of aromatic carboxylic acids is 1. The van der Waals surface area contributed by atoms with Crippen LogP contribution in [0.5, 0.6) is 0 Å². The van der Waals surface area contributed by atoms with E-state index in [9.17, 15) is 18.3 Å². The molecule has 2 rings (SSSR count).